The Bertz CT molecular complexity index is 531. The van der Waals surface area contributed by atoms with Crippen LogP contribution < -0.4 is 5.32 Å². The highest BCUT2D eigenvalue weighted by molar-refractivity contribution is 7.11. The van der Waals surface area contributed by atoms with Crippen molar-refractivity contribution in [3.63, 3.8) is 0 Å². The van der Waals surface area contributed by atoms with Gasteiger partial charge in [0.05, 0.1) is 0 Å². The van der Waals surface area contributed by atoms with E-state index in [2.05, 4.69) is 54.7 Å². The molecule has 106 valence electrons. The lowest BCUT2D eigenvalue weighted by molar-refractivity contribution is 0.327. The van der Waals surface area contributed by atoms with Crippen molar-refractivity contribution >= 4 is 11.3 Å². The normalized spacial score (nSPS) is 22.9. The fourth-order valence-electron chi connectivity index (χ4n) is 3.29. The highest BCUT2D eigenvalue weighted by atomic mass is 32.1. The summed E-state index contributed by atoms with van der Waals surface area (Å²) in [5.41, 5.74) is 1.51. The van der Waals surface area contributed by atoms with Gasteiger partial charge in [0.25, 0.3) is 0 Å². The Labute approximate surface area is 126 Å². The second-order valence-electron chi connectivity index (χ2n) is 5.80. The van der Waals surface area contributed by atoms with Crippen molar-refractivity contribution in [2.75, 3.05) is 0 Å². The minimum Gasteiger partial charge on any atom is -0.308 e. The lowest BCUT2D eigenvalue weighted by Crippen LogP contribution is -2.36. The molecule has 0 bridgehead atoms. The maximum atomic E-state index is 3.81. The molecule has 1 aliphatic carbocycles. The number of hydrogen-bond donors (Lipinski definition) is 1. The predicted octanol–water partition coefficient (Wildman–Crippen LogP) is 4.87. The molecule has 0 aliphatic heterocycles. The summed E-state index contributed by atoms with van der Waals surface area (Å²) in [6.45, 7) is 3.20. The first-order valence-electron chi connectivity index (χ1n) is 7.66. The van der Waals surface area contributed by atoms with E-state index in [-0.39, 0.29) is 0 Å². The van der Waals surface area contributed by atoms with Crippen molar-refractivity contribution < 1.29 is 0 Å². The zero-order valence-electron chi connectivity index (χ0n) is 12.1. The average Bonchev–Trinajstić information content (AvgIpc) is 2.92. The maximum Gasteiger partial charge on any atom is 0.0302 e. The van der Waals surface area contributed by atoms with E-state index in [9.17, 15) is 0 Å². The maximum absolute atomic E-state index is 3.81. The van der Waals surface area contributed by atoms with E-state index in [4.69, 9.17) is 0 Å². The van der Waals surface area contributed by atoms with Gasteiger partial charge < -0.3 is 5.32 Å². The van der Waals surface area contributed by atoms with E-state index in [0.29, 0.717) is 12.0 Å². The molecule has 1 nitrogen and oxygen atoms in total. The Balaban J connectivity index is 1.66. The molecule has 3 rings (SSSR count). The summed E-state index contributed by atoms with van der Waals surface area (Å²) in [5, 5.41) is 3.81. The largest absolute Gasteiger partial charge is 0.308 e. The van der Waals surface area contributed by atoms with Gasteiger partial charge in [-0.1, -0.05) is 43.2 Å². The smallest absolute Gasteiger partial charge is 0.0302 e. The summed E-state index contributed by atoms with van der Waals surface area (Å²) in [5.74, 6) is 0.686. The van der Waals surface area contributed by atoms with Gasteiger partial charge in [0.15, 0.2) is 0 Å². The zero-order valence-corrected chi connectivity index (χ0v) is 13.0. The third-order valence-electron chi connectivity index (χ3n) is 4.33. The standard InChI is InChI=1S/C18H23NS/c1-14-11-12-16(20-14)13-19-18-10-6-5-9-17(18)15-7-3-2-4-8-15/h2-4,7-8,11-12,17-19H,5-6,9-10,13H2,1H3. The van der Waals surface area contributed by atoms with Crippen molar-refractivity contribution in [3.05, 3.63) is 57.8 Å². The highest BCUT2D eigenvalue weighted by Gasteiger charge is 2.25. The van der Waals surface area contributed by atoms with Gasteiger partial charge in [-0.3, -0.25) is 0 Å². The first kappa shape index (κ1) is 13.8. The number of benzene rings is 1. The van der Waals surface area contributed by atoms with Gasteiger partial charge in [-0.25, -0.2) is 0 Å². The minimum absolute atomic E-state index is 0.633. The Hall–Kier alpha value is -1.12. The molecule has 1 N–H and O–H groups in total. The molecule has 0 spiro atoms. The molecule has 2 heteroatoms. The monoisotopic (exact) mass is 285 g/mol. The molecule has 1 saturated carbocycles. The minimum atomic E-state index is 0.633. The third kappa shape index (κ3) is 3.31. The SMILES string of the molecule is Cc1ccc(CNC2CCCCC2c2ccccc2)s1. The molecule has 1 fully saturated rings. The first-order valence-corrected chi connectivity index (χ1v) is 8.48. The van der Waals surface area contributed by atoms with E-state index >= 15 is 0 Å². The Morgan fingerprint density at radius 3 is 2.60 bits per heavy atom. The van der Waals surface area contributed by atoms with Crippen LogP contribution in [0.1, 0.15) is 46.9 Å². The van der Waals surface area contributed by atoms with Gasteiger partial charge in [-0.2, -0.15) is 0 Å². The van der Waals surface area contributed by atoms with Crippen molar-refractivity contribution in [1.82, 2.24) is 5.32 Å². The second kappa shape index (κ2) is 6.55. The lowest BCUT2D eigenvalue weighted by atomic mass is 9.80. The van der Waals surface area contributed by atoms with E-state index in [1.54, 1.807) is 0 Å². The third-order valence-corrected chi connectivity index (χ3v) is 5.33. The number of rotatable bonds is 4. The molecule has 2 unspecified atom stereocenters. The van der Waals surface area contributed by atoms with Crippen LogP contribution in [0.25, 0.3) is 0 Å². The number of thiophene rings is 1. The molecular formula is C18H23NS. The Kier molecular flexibility index (Phi) is 4.54. The van der Waals surface area contributed by atoms with Gasteiger partial charge in [-0.15, -0.1) is 11.3 Å². The molecule has 0 amide bonds. The Morgan fingerprint density at radius 2 is 1.85 bits per heavy atom. The molecular weight excluding hydrogens is 262 g/mol. The van der Waals surface area contributed by atoms with Crippen molar-refractivity contribution in [3.8, 4) is 0 Å². The first-order chi connectivity index (χ1) is 9.83. The molecule has 1 aliphatic rings. The summed E-state index contributed by atoms with van der Waals surface area (Å²) in [4.78, 5) is 2.87. The van der Waals surface area contributed by atoms with Crippen LogP contribution in [0, 0.1) is 6.92 Å². The molecule has 2 aromatic rings. The van der Waals surface area contributed by atoms with E-state index < -0.39 is 0 Å². The van der Waals surface area contributed by atoms with Gasteiger partial charge in [0.1, 0.15) is 0 Å². The van der Waals surface area contributed by atoms with Crippen LogP contribution in [-0.4, -0.2) is 6.04 Å². The molecule has 0 saturated heterocycles. The van der Waals surface area contributed by atoms with Crippen molar-refractivity contribution in [2.45, 2.75) is 51.1 Å². The highest BCUT2D eigenvalue weighted by Crippen LogP contribution is 2.33. The second-order valence-corrected chi connectivity index (χ2v) is 7.17. The number of aryl methyl sites for hydroxylation is 1. The molecule has 1 heterocycles. The summed E-state index contributed by atoms with van der Waals surface area (Å²) in [6.07, 6.45) is 5.37. The molecule has 2 atom stereocenters. The summed E-state index contributed by atoms with van der Waals surface area (Å²) in [7, 11) is 0. The van der Waals surface area contributed by atoms with Crippen LogP contribution in [0.15, 0.2) is 42.5 Å². The van der Waals surface area contributed by atoms with E-state index in [1.807, 2.05) is 11.3 Å². The lowest BCUT2D eigenvalue weighted by Gasteiger charge is -2.32. The fourth-order valence-corrected chi connectivity index (χ4v) is 4.13. The topological polar surface area (TPSA) is 12.0 Å². The van der Waals surface area contributed by atoms with Crippen LogP contribution in [0.4, 0.5) is 0 Å². The summed E-state index contributed by atoms with van der Waals surface area (Å²) < 4.78 is 0. The molecule has 1 aromatic carbocycles. The summed E-state index contributed by atoms with van der Waals surface area (Å²) >= 11 is 1.91. The fraction of sp³-hybridized carbons (Fsp3) is 0.444. The van der Waals surface area contributed by atoms with Crippen molar-refractivity contribution in [2.24, 2.45) is 0 Å². The van der Waals surface area contributed by atoms with E-state index in [1.165, 1.54) is 41.0 Å². The summed E-state index contributed by atoms with van der Waals surface area (Å²) in [6, 6.07) is 16.1. The molecule has 0 radical (unpaired) electrons. The Morgan fingerprint density at radius 1 is 1.05 bits per heavy atom. The van der Waals surface area contributed by atoms with Crippen LogP contribution in [-0.2, 0) is 6.54 Å². The van der Waals surface area contributed by atoms with Gasteiger partial charge in [0.2, 0.25) is 0 Å². The van der Waals surface area contributed by atoms with Gasteiger partial charge in [0, 0.05) is 22.3 Å². The van der Waals surface area contributed by atoms with Crippen LogP contribution >= 0.6 is 11.3 Å². The van der Waals surface area contributed by atoms with Crippen LogP contribution in [0.5, 0.6) is 0 Å². The predicted molar refractivity (Wildman–Crippen MR) is 87.3 cm³/mol. The number of hydrogen-bond acceptors (Lipinski definition) is 2. The zero-order chi connectivity index (χ0) is 13.8. The van der Waals surface area contributed by atoms with E-state index in [0.717, 1.165) is 6.54 Å². The molecule has 1 aromatic heterocycles. The van der Waals surface area contributed by atoms with Crippen LogP contribution in [0.2, 0.25) is 0 Å². The van der Waals surface area contributed by atoms with Gasteiger partial charge in [-0.05, 0) is 43.4 Å². The van der Waals surface area contributed by atoms with Crippen LogP contribution in [0.3, 0.4) is 0 Å². The average molecular weight is 285 g/mol. The quantitative estimate of drug-likeness (QED) is 0.845. The number of nitrogens with one attached hydrogen (secondary N) is 1. The molecule has 20 heavy (non-hydrogen) atoms. The van der Waals surface area contributed by atoms with Crippen molar-refractivity contribution in [1.29, 1.82) is 0 Å². The van der Waals surface area contributed by atoms with Gasteiger partial charge >= 0.3 is 0 Å².